The third-order valence-corrected chi connectivity index (χ3v) is 3.78. The maximum atomic E-state index is 12.0. The molecule has 0 aliphatic carbocycles. The Hall–Kier alpha value is -0.870. The number of benzene rings is 1. The molecule has 0 bridgehead atoms. The van der Waals surface area contributed by atoms with Gasteiger partial charge in [-0.05, 0) is 37.8 Å². The van der Waals surface area contributed by atoms with Crippen LogP contribution >= 0.6 is 15.9 Å². The quantitative estimate of drug-likeness (QED) is 0.588. The van der Waals surface area contributed by atoms with Crippen molar-refractivity contribution in [3.05, 3.63) is 34.3 Å². The van der Waals surface area contributed by atoms with Gasteiger partial charge in [-0.15, -0.1) is 0 Å². The lowest BCUT2D eigenvalue weighted by Gasteiger charge is -2.16. The van der Waals surface area contributed by atoms with Crippen molar-refractivity contribution in [1.29, 1.82) is 0 Å². The van der Waals surface area contributed by atoms with E-state index in [9.17, 15) is 4.79 Å². The SMILES string of the molecule is CCOC(=O)[C@H](CCCCO)Cc1ccccc1Br. The minimum Gasteiger partial charge on any atom is -0.466 e. The van der Waals surface area contributed by atoms with Crippen molar-refractivity contribution >= 4 is 21.9 Å². The van der Waals surface area contributed by atoms with Crippen molar-refractivity contribution in [2.45, 2.75) is 32.6 Å². The van der Waals surface area contributed by atoms with Gasteiger partial charge in [-0.1, -0.05) is 40.5 Å². The van der Waals surface area contributed by atoms with E-state index < -0.39 is 0 Å². The van der Waals surface area contributed by atoms with Gasteiger partial charge in [0.15, 0.2) is 0 Å². The van der Waals surface area contributed by atoms with Gasteiger partial charge in [0.25, 0.3) is 0 Å². The molecule has 0 heterocycles. The minimum atomic E-state index is -0.142. The van der Waals surface area contributed by atoms with Crippen LogP contribution in [0, 0.1) is 5.92 Å². The highest BCUT2D eigenvalue weighted by atomic mass is 79.9. The highest BCUT2D eigenvalue weighted by Gasteiger charge is 2.20. The minimum absolute atomic E-state index is 0.134. The molecule has 1 N–H and O–H groups in total. The monoisotopic (exact) mass is 328 g/mol. The molecule has 0 saturated carbocycles. The zero-order valence-electron chi connectivity index (χ0n) is 11.3. The molecule has 1 aromatic carbocycles. The van der Waals surface area contributed by atoms with Gasteiger partial charge in [0.1, 0.15) is 0 Å². The van der Waals surface area contributed by atoms with Crippen molar-refractivity contribution in [2.24, 2.45) is 5.92 Å². The Bertz CT molecular complexity index is 393. The molecule has 3 nitrogen and oxygen atoms in total. The summed E-state index contributed by atoms with van der Waals surface area (Å²) in [6.45, 7) is 2.40. The fourth-order valence-electron chi connectivity index (χ4n) is 2.00. The normalized spacial score (nSPS) is 12.2. The van der Waals surface area contributed by atoms with E-state index in [2.05, 4.69) is 15.9 Å². The molecule has 4 heteroatoms. The molecule has 0 spiro atoms. The number of ether oxygens (including phenoxy) is 1. The third-order valence-electron chi connectivity index (χ3n) is 3.00. The number of carbonyl (C=O) groups is 1. The first-order valence-corrected chi connectivity index (χ1v) is 7.49. The van der Waals surface area contributed by atoms with Crippen LogP contribution in [0.25, 0.3) is 0 Å². The Morgan fingerprint density at radius 3 is 2.74 bits per heavy atom. The number of rotatable bonds is 8. The highest BCUT2D eigenvalue weighted by molar-refractivity contribution is 9.10. The smallest absolute Gasteiger partial charge is 0.309 e. The Morgan fingerprint density at radius 2 is 2.11 bits per heavy atom. The van der Waals surface area contributed by atoms with E-state index in [4.69, 9.17) is 9.84 Å². The summed E-state index contributed by atoms with van der Waals surface area (Å²) in [7, 11) is 0. The van der Waals surface area contributed by atoms with Gasteiger partial charge < -0.3 is 9.84 Å². The molecule has 0 saturated heterocycles. The summed E-state index contributed by atoms with van der Waals surface area (Å²) < 4.78 is 6.15. The number of unbranched alkanes of at least 4 members (excludes halogenated alkanes) is 1. The Balaban J connectivity index is 2.67. The van der Waals surface area contributed by atoms with E-state index in [1.165, 1.54) is 0 Å². The van der Waals surface area contributed by atoms with Crippen molar-refractivity contribution in [2.75, 3.05) is 13.2 Å². The molecule has 1 atom stereocenters. The van der Waals surface area contributed by atoms with Crippen LogP contribution in [0.4, 0.5) is 0 Å². The summed E-state index contributed by atoms with van der Waals surface area (Å²) in [5.74, 6) is -0.276. The lowest BCUT2D eigenvalue weighted by atomic mass is 9.94. The van der Waals surface area contributed by atoms with Crippen LogP contribution in [-0.4, -0.2) is 24.3 Å². The van der Waals surface area contributed by atoms with Crippen LogP contribution in [0.3, 0.4) is 0 Å². The zero-order chi connectivity index (χ0) is 14.1. The molecular formula is C15H21BrO3. The Labute approximate surface area is 123 Å². The van der Waals surface area contributed by atoms with Gasteiger partial charge in [0, 0.05) is 11.1 Å². The molecule has 0 aromatic heterocycles. The van der Waals surface area contributed by atoms with Gasteiger partial charge in [0.2, 0.25) is 0 Å². The van der Waals surface area contributed by atoms with E-state index >= 15 is 0 Å². The summed E-state index contributed by atoms with van der Waals surface area (Å²) in [4.78, 5) is 12.0. The summed E-state index contributed by atoms with van der Waals surface area (Å²) in [5, 5.41) is 8.83. The molecule has 106 valence electrons. The number of esters is 1. The van der Waals surface area contributed by atoms with Crippen molar-refractivity contribution < 1.29 is 14.6 Å². The van der Waals surface area contributed by atoms with Crippen molar-refractivity contribution in [1.82, 2.24) is 0 Å². The van der Waals surface area contributed by atoms with Gasteiger partial charge in [-0.25, -0.2) is 0 Å². The number of hydrogen-bond donors (Lipinski definition) is 1. The summed E-state index contributed by atoms with van der Waals surface area (Å²) in [6, 6.07) is 7.92. The van der Waals surface area contributed by atoms with Gasteiger partial charge in [-0.2, -0.15) is 0 Å². The summed E-state index contributed by atoms with van der Waals surface area (Å²) in [6.07, 6.45) is 2.99. The van der Waals surface area contributed by atoms with E-state index in [0.29, 0.717) is 13.0 Å². The number of aliphatic hydroxyl groups is 1. The van der Waals surface area contributed by atoms with Crippen LogP contribution in [-0.2, 0) is 16.0 Å². The second-order valence-electron chi connectivity index (χ2n) is 4.46. The topological polar surface area (TPSA) is 46.5 Å². The molecule has 1 rings (SSSR count). The maximum absolute atomic E-state index is 12.0. The van der Waals surface area contributed by atoms with Gasteiger partial charge in [-0.3, -0.25) is 4.79 Å². The zero-order valence-corrected chi connectivity index (χ0v) is 12.9. The summed E-state index contributed by atoms with van der Waals surface area (Å²) >= 11 is 3.50. The van der Waals surface area contributed by atoms with Crippen LogP contribution in [0.5, 0.6) is 0 Å². The van der Waals surface area contributed by atoms with Gasteiger partial charge >= 0.3 is 5.97 Å². The molecule has 0 amide bonds. The fraction of sp³-hybridized carbons (Fsp3) is 0.533. The first-order chi connectivity index (χ1) is 9.19. The lowest BCUT2D eigenvalue weighted by Crippen LogP contribution is -2.20. The first-order valence-electron chi connectivity index (χ1n) is 6.70. The Morgan fingerprint density at radius 1 is 1.37 bits per heavy atom. The molecule has 1 aromatic rings. The molecule has 0 aliphatic rings. The largest absolute Gasteiger partial charge is 0.466 e. The predicted octanol–water partition coefficient (Wildman–Crippen LogP) is 3.33. The highest BCUT2D eigenvalue weighted by Crippen LogP contribution is 2.23. The van der Waals surface area contributed by atoms with E-state index in [-0.39, 0.29) is 18.5 Å². The molecule has 0 radical (unpaired) electrons. The van der Waals surface area contributed by atoms with Gasteiger partial charge in [0.05, 0.1) is 12.5 Å². The van der Waals surface area contributed by atoms with Crippen LogP contribution in [0.2, 0.25) is 0 Å². The van der Waals surface area contributed by atoms with E-state index in [1.807, 2.05) is 31.2 Å². The fourth-order valence-corrected chi connectivity index (χ4v) is 2.44. The molecule has 0 fully saturated rings. The number of halogens is 1. The Kier molecular flexibility index (Phi) is 7.75. The van der Waals surface area contributed by atoms with E-state index in [1.54, 1.807) is 0 Å². The summed E-state index contributed by atoms with van der Waals surface area (Å²) in [5.41, 5.74) is 1.12. The molecule has 19 heavy (non-hydrogen) atoms. The standard InChI is InChI=1S/C15H21BrO3/c1-2-19-15(18)13(8-5-6-10-17)11-12-7-3-4-9-14(12)16/h3-4,7,9,13,17H,2,5-6,8,10-11H2,1H3/t13-/m1/s1. The lowest BCUT2D eigenvalue weighted by molar-refractivity contribution is -0.148. The average molecular weight is 329 g/mol. The average Bonchev–Trinajstić information content (AvgIpc) is 2.40. The van der Waals surface area contributed by atoms with Crippen LogP contribution in [0.1, 0.15) is 31.7 Å². The predicted molar refractivity (Wildman–Crippen MR) is 78.9 cm³/mol. The second-order valence-corrected chi connectivity index (χ2v) is 5.32. The second kappa shape index (κ2) is 9.10. The first kappa shape index (κ1) is 16.2. The molecule has 0 aliphatic heterocycles. The number of hydrogen-bond acceptors (Lipinski definition) is 3. The van der Waals surface area contributed by atoms with Crippen LogP contribution < -0.4 is 0 Å². The van der Waals surface area contributed by atoms with E-state index in [0.717, 1.165) is 29.3 Å². The third kappa shape index (κ3) is 5.74. The van der Waals surface area contributed by atoms with Crippen molar-refractivity contribution in [3.8, 4) is 0 Å². The number of carbonyl (C=O) groups excluding carboxylic acids is 1. The molecular weight excluding hydrogens is 308 g/mol. The molecule has 0 unspecified atom stereocenters. The van der Waals surface area contributed by atoms with Crippen molar-refractivity contribution in [3.63, 3.8) is 0 Å². The number of aliphatic hydroxyl groups excluding tert-OH is 1. The maximum Gasteiger partial charge on any atom is 0.309 e. The van der Waals surface area contributed by atoms with Crippen LogP contribution in [0.15, 0.2) is 28.7 Å².